The lowest BCUT2D eigenvalue weighted by Crippen LogP contribution is -2.31. The molecule has 0 saturated heterocycles. The fourth-order valence-electron chi connectivity index (χ4n) is 3.56. The summed E-state index contributed by atoms with van der Waals surface area (Å²) in [4.78, 5) is 35.6. The van der Waals surface area contributed by atoms with Gasteiger partial charge in [0.05, 0.1) is 5.92 Å². The number of carbonyl (C=O) groups excluding carboxylic acids is 2. The summed E-state index contributed by atoms with van der Waals surface area (Å²) in [5, 5.41) is 11.7. The Morgan fingerprint density at radius 1 is 1.20 bits per heavy atom. The van der Waals surface area contributed by atoms with Crippen LogP contribution in [0.2, 0.25) is 0 Å². The summed E-state index contributed by atoms with van der Waals surface area (Å²) in [6, 6.07) is 0. The number of carboxylic acid groups (broad SMARTS) is 1. The van der Waals surface area contributed by atoms with Crippen molar-refractivity contribution in [1.29, 1.82) is 0 Å². The normalized spacial score (nSPS) is 24.3. The van der Waals surface area contributed by atoms with Gasteiger partial charge in [0.1, 0.15) is 0 Å². The van der Waals surface area contributed by atoms with Gasteiger partial charge in [-0.15, -0.1) is 0 Å². The predicted octanol–water partition coefficient (Wildman–Crippen LogP) is 2.80. The second kappa shape index (κ2) is 7.42. The number of hydrogen-bond donors (Lipinski definition) is 2. The highest BCUT2D eigenvalue weighted by atomic mass is 16.5. The standard InChI is InChI=1S/C19H27NO5/c1-11(2)9-14-15(19(14,3)4)18(24)25-10-20-16(21)12-7-5-6-8-13(12)17(22)23/h9,14-15H,5-8,10H2,1-4H3,(H,20,21)(H,22,23)/t14-,15+/m1/s1. The summed E-state index contributed by atoms with van der Waals surface area (Å²) in [5.41, 5.74) is 1.49. The molecule has 25 heavy (non-hydrogen) atoms. The third-order valence-electron chi connectivity index (χ3n) is 5.12. The van der Waals surface area contributed by atoms with E-state index in [1.807, 2.05) is 27.7 Å². The van der Waals surface area contributed by atoms with Crippen LogP contribution in [-0.4, -0.2) is 29.7 Å². The Balaban J connectivity index is 1.88. The van der Waals surface area contributed by atoms with Crippen LogP contribution in [0.4, 0.5) is 0 Å². The van der Waals surface area contributed by atoms with Gasteiger partial charge < -0.3 is 15.2 Å². The highest BCUT2D eigenvalue weighted by Crippen LogP contribution is 2.59. The molecule has 6 nitrogen and oxygen atoms in total. The lowest BCUT2D eigenvalue weighted by molar-refractivity contribution is -0.147. The first-order valence-electron chi connectivity index (χ1n) is 8.71. The summed E-state index contributed by atoms with van der Waals surface area (Å²) in [6.07, 6.45) is 4.49. The number of nitrogens with one attached hydrogen (secondary N) is 1. The number of carbonyl (C=O) groups is 3. The van der Waals surface area contributed by atoms with Gasteiger partial charge >= 0.3 is 11.9 Å². The van der Waals surface area contributed by atoms with E-state index in [9.17, 15) is 19.5 Å². The Morgan fingerprint density at radius 3 is 2.36 bits per heavy atom. The van der Waals surface area contributed by atoms with Crippen LogP contribution in [0.3, 0.4) is 0 Å². The highest BCUT2D eigenvalue weighted by molar-refractivity contribution is 6.02. The maximum absolute atomic E-state index is 12.2. The molecule has 0 aromatic carbocycles. The average Bonchev–Trinajstić information content (AvgIpc) is 3.06. The van der Waals surface area contributed by atoms with Crippen molar-refractivity contribution in [2.45, 2.75) is 53.4 Å². The molecule has 2 aliphatic rings. The number of amides is 1. The molecule has 0 heterocycles. The number of rotatable bonds is 6. The van der Waals surface area contributed by atoms with Gasteiger partial charge in [-0.25, -0.2) is 4.79 Å². The minimum Gasteiger partial charge on any atom is -0.478 e. The number of esters is 1. The predicted molar refractivity (Wildman–Crippen MR) is 92.4 cm³/mol. The fraction of sp³-hybridized carbons (Fsp3) is 0.632. The zero-order valence-corrected chi connectivity index (χ0v) is 15.3. The molecular formula is C19H27NO5. The summed E-state index contributed by atoms with van der Waals surface area (Å²) in [6.45, 7) is 7.80. The van der Waals surface area contributed by atoms with E-state index in [2.05, 4.69) is 11.4 Å². The van der Waals surface area contributed by atoms with Gasteiger partial charge in [0, 0.05) is 11.1 Å². The Kier molecular flexibility index (Phi) is 5.70. The molecule has 0 aliphatic heterocycles. The van der Waals surface area contributed by atoms with Gasteiger partial charge in [0.2, 0.25) is 5.91 Å². The second-order valence-electron chi connectivity index (χ2n) is 7.65. The largest absolute Gasteiger partial charge is 0.478 e. The molecule has 0 bridgehead atoms. The van der Waals surface area contributed by atoms with Crippen molar-refractivity contribution in [3.05, 3.63) is 22.8 Å². The van der Waals surface area contributed by atoms with Gasteiger partial charge in [0.25, 0.3) is 0 Å². The maximum Gasteiger partial charge on any atom is 0.332 e. The average molecular weight is 349 g/mol. The van der Waals surface area contributed by atoms with Crippen molar-refractivity contribution in [3.8, 4) is 0 Å². The van der Waals surface area contributed by atoms with E-state index in [1.165, 1.54) is 0 Å². The zero-order chi connectivity index (χ0) is 18.8. The molecule has 6 heteroatoms. The zero-order valence-electron chi connectivity index (χ0n) is 15.3. The van der Waals surface area contributed by atoms with Gasteiger partial charge in [-0.2, -0.15) is 0 Å². The van der Waals surface area contributed by atoms with Crippen molar-refractivity contribution in [1.82, 2.24) is 5.32 Å². The van der Waals surface area contributed by atoms with Crippen LogP contribution in [0.25, 0.3) is 0 Å². The van der Waals surface area contributed by atoms with Gasteiger partial charge in [-0.1, -0.05) is 25.5 Å². The summed E-state index contributed by atoms with van der Waals surface area (Å²) >= 11 is 0. The van der Waals surface area contributed by atoms with Crippen LogP contribution in [0.1, 0.15) is 53.4 Å². The summed E-state index contributed by atoms with van der Waals surface area (Å²) in [7, 11) is 0. The minimum atomic E-state index is -1.05. The lowest BCUT2D eigenvalue weighted by atomic mass is 9.91. The molecule has 2 atom stereocenters. The molecular weight excluding hydrogens is 322 g/mol. The molecule has 2 rings (SSSR count). The first kappa shape index (κ1) is 19.2. The monoisotopic (exact) mass is 349 g/mol. The Bertz CT molecular complexity index is 640. The summed E-state index contributed by atoms with van der Waals surface area (Å²) in [5.74, 6) is -1.89. The van der Waals surface area contributed by atoms with Crippen molar-refractivity contribution < 1.29 is 24.2 Å². The van der Waals surface area contributed by atoms with Crippen LogP contribution in [0, 0.1) is 17.3 Å². The van der Waals surface area contributed by atoms with E-state index in [0.717, 1.165) is 18.4 Å². The second-order valence-corrected chi connectivity index (χ2v) is 7.65. The van der Waals surface area contributed by atoms with Crippen LogP contribution < -0.4 is 5.32 Å². The molecule has 2 N–H and O–H groups in total. The van der Waals surface area contributed by atoms with Crippen molar-refractivity contribution in [3.63, 3.8) is 0 Å². The van der Waals surface area contributed by atoms with Crippen LogP contribution >= 0.6 is 0 Å². The van der Waals surface area contributed by atoms with Gasteiger partial charge in [0.15, 0.2) is 6.73 Å². The molecule has 1 amide bonds. The van der Waals surface area contributed by atoms with E-state index in [4.69, 9.17) is 4.74 Å². The topological polar surface area (TPSA) is 92.7 Å². The highest BCUT2D eigenvalue weighted by Gasteiger charge is 2.61. The molecule has 0 unspecified atom stereocenters. The van der Waals surface area contributed by atoms with Gasteiger partial charge in [-0.3, -0.25) is 9.59 Å². The number of carboxylic acids is 1. The maximum atomic E-state index is 12.2. The minimum absolute atomic E-state index is 0.138. The van der Waals surface area contributed by atoms with E-state index < -0.39 is 11.9 Å². The molecule has 138 valence electrons. The molecule has 0 radical (unpaired) electrons. The quantitative estimate of drug-likeness (QED) is 0.437. The fourth-order valence-corrected chi connectivity index (χ4v) is 3.56. The molecule has 2 aliphatic carbocycles. The third-order valence-corrected chi connectivity index (χ3v) is 5.12. The van der Waals surface area contributed by atoms with E-state index in [-0.39, 0.29) is 35.5 Å². The van der Waals surface area contributed by atoms with Crippen LogP contribution in [0.5, 0.6) is 0 Å². The molecule has 0 aromatic rings. The molecule has 0 spiro atoms. The molecule has 1 saturated carbocycles. The SMILES string of the molecule is CC(C)=C[C@@H]1[C@@H](C(=O)OCNC(=O)C2=C(C(=O)O)CCCC2)C1(C)C. The van der Waals surface area contributed by atoms with Crippen molar-refractivity contribution in [2.75, 3.05) is 6.73 Å². The smallest absolute Gasteiger partial charge is 0.332 e. The number of ether oxygens (including phenoxy) is 1. The first-order valence-corrected chi connectivity index (χ1v) is 8.71. The Labute approximate surface area is 148 Å². The lowest BCUT2D eigenvalue weighted by Gasteiger charge is -2.17. The Morgan fingerprint density at radius 2 is 1.80 bits per heavy atom. The first-order chi connectivity index (χ1) is 11.7. The number of aliphatic carboxylic acids is 1. The van der Waals surface area contributed by atoms with E-state index in [1.54, 1.807) is 0 Å². The van der Waals surface area contributed by atoms with Crippen LogP contribution in [-0.2, 0) is 19.1 Å². The third kappa shape index (κ3) is 4.30. The van der Waals surface area contributed by atoms with Gasteiger partial charge in [-0.05, 0) is 50.9 Å². The Hall–Kier alpha value is -2.11. The van der Waals surface area contributed by atoms with Crippen LogP contribution in [0.15, 0.2) is 22.8 Å². The number of hydrogen-bond acceptors (Lipinski definition) is 4. The molecule has 1 fully saturated rings. The van der Waals surface area contributed by atoms with E-state index >= 15 is 0 Å². The van der Waals surface area contributed by atoms with Crippen molar-refractivity contribution >= 4 is 17.8 Å². The molecule has 0 aromatic heterocycles. The number of allylic oxidation sites excluding steroid dienone is 2. The van der Waals surface area contributed by atoms with E-state index in [0.29, 0.717) is 18.4 Å². The summed E-state index contributed by atoms with van der Waals surface area (Å²) < 4.78 is 5.20. The van der Waals surface area contributed by atoms with Crippen molar-refractivity contribution in [2.24, 2.45) is 17.3 Å².